The zero-order chi connectivity index (χ0) is 18.0. The van der Waals surface area contributed by atoms with Crippen LogP contribution in [0.3, 0.4) is 0 Å². The Labute approximate surface area is 146 Å². The van der Waals surface area contributed by atoms with Gasteiger partial charge in [0.25, 0.3) is 0 Å². The van der Waals surface area contributed by atoms with E-state index >= 15 is 0 Å². The molecule has 2 amide bonds. The van der Waals surface area contributed by atoms with Gasteiger partial charge in [-0.25, -0.2) is 4.79 Å². The summed E-state index contributed by atoms with van der Waals surface area (Å²) in [5.41, 5.74) is 0. The number of nitrogens with one attached hydrogen (secondary N) is 1. The Morgan fingerprint density at radius 1 is 1.28 bits per heavy atom. The Kier molecular flexibility index (Phi) is 5.11. The van der Waals surface area contributed by atoms with Gasteiger partial charge in [-0.15, -0.1) is 0 Å². The molecule has 0 bridgehead atoms. The van der Waals surface area contributed by atoms with E-state index in [1.54, 1.807) is 0 Å². The third-order valence-corrected chi connectivity index (χ3v) is 5.26. The van der Waals surface area contributed by atoms with E-state index in [1.807, 2.05) is 4.90 Å². The molecule has 136 valence electrons. The lowest BCUT2D eigenvalue weighted by molar-refractivity contribution is -0.131. The van der Waals surface area contributed by atoms with Crippen LogP contribution in [-0.4, -0.2) is 40.4 Å². The molecule has 7 heteroatoms. The van der Waals surface area contributed by atoms with E-state index in [0.29, 0.717) is 12.3 Å². The second-order valence-corrected chi connectivity index (χ2v) is 7.15. The van der Waals surface area contributed by atoms with Crippen molar-refractivity contribution in [1.29, 1.82) is 0 Å². The second-order valence-electron chi connectivity index (χ2n) is 7.15. The number of carboxylic acid groups (broad SMARTS) is 1. The van der Waals surface area contributed by atoms with Crippen LogP contribution in [-0.2, 0) is 16.1 Å². The molecule has 2 N–H and O–H groups in total. The molecule has 1 aromatic heterocycles. The molecule has 7 nitrogen and oxygen atoms in total. The molecule has 1 aromatic rings. The Hall–Kier alpha value is -2.31. The first kappa shape index (κ1) is 17.5. The summed E-state index contributed by atoms with van der Waals surface area (Å²) in [6.07, 6.45) is 4.55. The molecule has 1 aliphatic heterocycles. The minimum atomic E-state index is -1.14. The van der Waals surface area contributed by atoms with Gasteiger partial charge in [0.05, 0.1) is 12.5 Å². The van der Waals surface area contributed by atoms with Crippen molar-refractivity contribution in [2.75, 3.05) is 6.54 Å². The molecule has 25 heavy (non-hydrogen) atoms. The lowest BCUT2D eigenvalue weighted by Crippen LogP contribution is -2.40. The molecular weight excluding hydrogens is 324 g/mol. The quantitative estimate of drug-likeness (QED) is 0.848. The number of likely N-dealkylation sites (tertiary alicyclic amines) is 1. The highest BCUT2D eigenvalue weighted by Crippen LogP contribution is 2.31. The predicted molar refractivity (Wildman–Crippen MR) is 88.8 cm³/mol. The molecule has 1 aliphatic carbocycles. The van der Waals surface area contributed by atoms with Crippen molar-refractivity contribution >= 4 is 17.8 Å². The van der Waals surface area contributed by atoms with E-state index in [-0.39, 0.29) is 42.5 Å². The molecular formula is C18H24N2O5. The van der Waals surface area contributed by atoms with E-state index in [1.165, 1.54) is 12.1 Å². The smallest absolute Gasteiger partial charge is 0.371 e. The number of carboxylic acids is 1. The average Bonchev–Trinajstić information content (AvgIpc) is 3.20. The number of nitrogens with zero attached hydrogens (tertiary/aromatic N) is 1. The second kappa shape index (κ2) is 7.29. The van der Waals surface area contributed by atoms with Gasteiger partial charge in [0.15, 0.2) is 0 Å². The van der Waals surface area contributed by atoms with E-state index in [0.717, 1.165) is 31.6 Å². The van der Waals surface area contributed by atoms with Gasteiger partial charge in [-0.3, -0.25) is 9.59 Å². The number of hydrogen-bond acceptors (Lipinski definition) is 4. The van der Waals surface area contributed by atoms with Crippen LogP contribution >= 0.6 is 0 Å². The number of furan rings is 1. The zero-order valence-electron chi connectivity index (χ0n) is 14.4. The lowest BCUT2D eigenvalue weighted by Gasteiger charge is -2.33. The predicted octanol–water partition coefficient (Wildman–Crippen LogP) is 2.02. The van der Waals surface area contributed by atoms with Crippen LogP contribution in [0.2, 0.25) is 0 Å². The van der Waals surface area contributed by atoms with E-state index < -0.39 is 5.97 Å². The number of rotatable bonds is 5. The summed E-state index contributed by atoms with van der Waals surface area (Å²) in [4.78, 5) is 37.3. The maximum Gasteiger partial charge on any atom is 0.371 e. The van der Waals surface area contributed by atoms with Crippen molar-refractivity contribution in [2.45, 2.75) is 51.6 Å². The molecule has 1 saturated heterocycles. The number of carbonyl (C=O) groups excluding carboxylic acids is 2. The molecule has 2 aliphatic rings. The Morgan fingerprint density at radius 2 is 2.00 bits per heavy atom. The van der Waals surface area contributed by atoms with Crippen LogP contribution < -0.4 is 5.32 Å². The molecule has 0 aromatic carbocycles. The van der Waals surface area contributed by atoms with Crippen molar-refractivity contribution in [2.24, 2.45) is 11.8 Å². The fourth-order valence-electron chi connectivity index (χ4n) is 3.72. The summed E-state index contributed by atoms with van der Waals surface area (Å²) in [6.45, 7) is 2.84. The SMILES string of the molecule is CC1CCC(N2C[C@H](C(=O)NCc3ccc(C(=O)O)o3)CC2=O)CC1. The largest absolute Gasteiger partial charge is 0.475 e. The first-order chi connectivity index (χ1) is 11.9. The van der Waals surface area contributed by atoms with Crippen LogP contribution in [0.5, 0.6) is 0 Å². The minimum Gasteiger partial charge on any atom is -0.475 e. The fraction of sp³-hybridized carbons (Fsp3) is 0.611. The van der Waals surface area contributed by atoms with Crippen molar-refractivity contribution in [3.8, 4) is 0 Å². The molecule has 0 radical (unpaired) electrons. The molecule has 2 heterocycles. The topological polar surface area (TPSA) is 99.8 Å². The number of hydrogen-bond donors (Lipinski definition) is 2. The van der Waals surface area contributed by atoms with Crippen LogP contribution in [0.25, 0.3) is 0 Å². The van der Waals surface area contributed by atoms with Crippen molar-refractivity contribution in [1.82, 2.24) is 10.2 Å². The summed E-state index contributed by atoms with van der Waals surface area (Å²) in [6, 6.07) is 3.15. The maximum absolute atomic E-state index is 12.3. The van der Waals surface area contributed by atoms with E-state index in [4.69, 9.17) is 9.52 Å². The van der Waals surface area contributed by atoms with Gasteiger partial charge >= 0.3 is 5.97 Å². The summed E-state index contributed by atoms with van der Waals surface area (Å²) in [7, 11) is 0. The Bertz CT molecular complexity index is 660. The summed E-state index contributed by atoms with van der Waals surface area (Å²) in [5, 5.41) is 11.6. The normalized spacial score (nSPS) is 26.7. The first-order valence-corrected chi connectivity index (χ1v) is 8.83. The lowest BCUT2D eigenvalue weighted by atomic mass is 9.87. The van der Waals surface area contributed by atoms with E-state index in [9.17, 15) is 14.4 Å². The first-order valence-electron chi connectivity index (χ1n) is 8.83. The standard InChI is InChI=1S/C18H24N2O5/c1-11-2-4-13(5-3-11)20-10-12(8-16(20)21)17(22)19-9-14-6-7-15(25-14)18(23)24/h6-7,11-13H,2-5,8-10H2,1H3,(H,19,22)(H,23,24)/t11?,12-,13?/m1/s1. The maximum atomic E-state index is 12.3. The van der Waals surface area contributed by atoms with Crippen LogP contribution in [0.1, 0.15) is 55.3 Å². The summed E-state index contributed by atoms with van der Waals surface area (Å²) < 4.78 is 5.11. The van der Waals surface area contributed by atoms with Crippen molar-refractivity contribution < 1.29 is 23.9 Å². The molecule has 1 saturated carbocycles. The van der Waals surface area contributed by atoms with E-state index in [2.05, 4.69) is 12.2 Å². The van der Waals surface area contributed by atoms with Gasteiger partial charge in [-0.1, -0.05) is 6.92 Å². The number of amides is 2. The van der Waals surface area contributed by atoms with Crippen molar-refractivity contribution in [3.63, 3.8) is 0 Å². The van der Waals surface area contributed by atoms with Crippen LogP contribution in [0, 0.1) is 11.8 Å². The monoisotopic (exact) mass is 348 g/mol. The van der Waals surface area contributed by atoms with Gasteiger partial charge in [0, 0.05) is 19.0 Å². The highest BCUT2D eigenvalue weighted by atomic mass is 16.4. The Morgan fingerprint density at radius 3 is 2.64 bits per heavy atom. The Balaban J connectivity index is 1.51. The van der Waals surface area contributed by atoms with Gasteiger partial charge in [-0.2, -0.15) is 0 Å². The van der Waals surface area contributed by atoms with Crippen LogP contribution in [0.15, 0.2) is 16.5 Å². The molecule has 3 rings (SSSR count). The molecule has 1 atom stereocenters. The summed E-state index contributed by atoms with van der Waals surface area (Å²) >= 11 is 0. The average molecular weight is 348 g/mol. The van der Waals surface area contributed by atoms with Crippen molar-refractivity contribution in [3.05, 3.63) is 23.7 Å². The molecule has 0 unspecified atom stereocenters. The number of aromatic carboxylic acids is 1. The zero-order valence-corrected chi connectivity index (χ0v) is 14.4. The van der Waals surface area contributed by atoms with Crippen LogP contribution in [0.4, 0.5) is 0 Å². The number of carbonyl (C=O) groups is 3. The fourth-order valence-corrected chi connectivity index (χ4v) is 3.72. The highest BCUT2D eigenvalue weighted by molar-refractivity contribution is 5.89. The highest BCUT2D eigenvalue weighted by Gasteiger charge is 2.38. The molecule has 0 spiro atoms. The molecule has 2 fully saturated rings. The van der Waals surface area contributed by atoms with Gasteiger partial charge in [0.2, 0.25) is 17.6 Å². The van der Waals surface area contributed by atoms with Gasteiger partial charge in [0.1, 0.15) is 5.76 Å². The third kappa shape index (κ3) is 4.03. The summed E-state index contributed by atoms with van der Waals surface area (Å²) in [5.74, 6) is -0.667. The van der Waals surface area contributed by atoms with Gasteiger partial charge < -0.3 is 19.7 Å². The third-order valence-electron chi connectivity index (χ3n) is 5.26. The minimum absolute atomic E-state index is 0.0610. The van der Waals surface area contributed by atoms with Gasteiger partial charge in [-0.05, 0) is 43.7 Å².